The molecule has 0 fully saturated rings. The second-order valence-corrected chi connectivity index (χ2v) is 6.01. The van der Waals surface area contributed by atoms with Crippen LogP contribution in [0.25, 0.3) is 0 Å². The van der Waals surface area contributed by atoms with Gasteiger partial charge in [0.15, 0.2) is 0 Å². The van der Waals surface area contributed by atoms with Gasteiger partial charge in [0.05, 0.1) is 16.5 Å². The van der Waals surface area contributed by atoms with E-state index in [4.69, 9.17) is 4.74 Å². The third kappa shape index (κ3) is 2.96. The summed E-state index contributed by atoms with van der Waals surface area (Å²) in [6.45, 7) is 0. The van der Waals surface area contributed by atoms with Crippen LogP contribution in [0.3, 0.4) is 0 Å². The van der Waals surface area contributed by atoms with Gasteiger partial charge in [-0.05, 0) is 27.6 Å². The van der Waals surface area contributed by atoms with Crippen molar-refractivity contribution in [3.8, 4) is 0 Å². The summed E-state index contributed by atoms with van der Waals surface area (Å²) in [5.41, 5.74) is 1.83. The van der Waals surface area contributed by atoms with E-state index in [0.717, 1.165) is 15.1 Å². The first kappa shape index (κ1) is 12.3. The zero-order valence-electron chi connectivity index (χ0n) is 9.27. The smallest absolute Gasteiger partial charge is 0.339 e. The largest absolute Gasteiger partial charge is 0.465 e. The molecule has 4 heteroatoms. The number of ether oxygens (including phenoxy) is 1. The summed E-state index contributed by atoms with van der Waals surface area (Å²) < 4.78 is 5.55. The Kier molecular flexibility index (Phi) is 3.97. The molecule has 0 aliphatic heterocycles. The lowest BCUT2D eigenvalue weighted by Crippen LogP contribution is -1.99. The van der Waals surface area contributed by atoms with Gasteiger partial charge in [-0.2, -0.15) is 0 Å². The normalized spacial score (nSPS) is 10.2. The van der Waals surface area contributed by atoms with Gasteiger partial charge in [-0.1, -0.05) is 30.3 Å². The number of hydrogen-bond acceptors (Lipinski definition) is 3. The van der Waals surface area contributed by atoms with E-state index in [1.807, 2.05) is 24.3 Å². The van der Waals surface area contributed by atoms with Crippen LogP contribution in [0.15, 0.2) is 40.2 Å². The van der Waals surface area contributed by atoms with Crippen LogP contribution in [0, 0.1) is 0 Å². The van der Waals surface area contributed by atoms with Crippen molar-refractivity contribution in [2.75, 3.05) is 7.11 Å². The van der Waals surface area contributed by atoms with E-state index in [1.165, 1.54) is 12.7 Å². The maximum absolute atomic E-state index is 11.5. The van der Waals surface area contributed by atoms with Crippen molar-refractivity contribution in [3.63, 3.8) is 0 Å². The van der Waals surface area contributed by atoms with Gasteiger partial charge in [0.1, 0.15) is 0 Å². The zero-order valence-corrected chi connectivity index (χ0v) is 11.7. The summed E-state index contributed by atoms with van der Waals surface area (Å²) in [4.78, 5) is 12.6. The quantitative estimate of drug-likeness (QED) is 0.804. The summed E-state index contributed by atoms with van der Waals surface area (Å²) in [7, 11) is 1.39. The molecule has 0 spiro atoms. The van der Waals surface area contributed by atoms with E-state index >= 15 is 0 Å². The van der Waals surface area contributed by atoms with Crippen molar-refractivity contribution in [1.29, 1.82) is 0 Å². The molecular formula is C13H11BrO2S. The van der Waals surface area contributed by atoms with Gasteiger partial charge in [0.2, 0.25) is 0 Å². The number of esters is 1. The van der Waals surface area contributed by atoms with Crippen molar-refractivity contribution < 1.29 is 9.53 Å². The van der Waals surface area contributed by atoms with Gasteiger partial charge in [-0.3, -0.25) is 0 Å². The van der Waals surface area contributed by atoms with Crippen molar-refractivity contribution >= 4 is 33.2 Å². The monoisotopic (exact) mass is 310 g/mol. The first-order valence-electron chi connectivity index (χ1n) is 5.11. The van der Waals surface area contributed by atoms with Crippen LogP contribution in [-0.2, 0) is 11.2 Å². The molecule has 0 unspecified atom stereocenters. The van der Waals surface area contributed by atoms with Gasteiger partial charge in [0.25, 0.3) is 0 Å². The Morgan fingerprint density at radius 3 is 2.71 bits per heavy atom. The first-order chi connectivity index (χ1) is 8.20. The van der Waals surface area contributed by atoms with Gasteiger partial charge >= 0.3 is 5.97 Å². The number of thiophene rings is 1. The second-order valence-electron chi connectivity index (χ2n) is 3.55. The van der Waals surface area contributed by atoms with Crippen LogP contribution < -0.4 is 0 Å². The predicted octanol–water partition coefficient (Wildman–Crippen LogP) is 3.89. The van der Waals surface area contributed by atoms with Crippen molar-refractivity contribution in [2.24, 2.45) is 0 Å². The van der Waals surface area contributed by atoms with Crippen molar-refractivity contribution in [2.45, 2.75) is 6.42 Å². The molecular weight excluding hydrogens is 300 g/mol. The molecule has 1 aromatic carbocycles. The lowest BCUT2D eigenvalue weighted by Gasteiger charge is -1.96. The lowest BCUT2D eigenvalue weighted by atomic mass is 10.1. The Bertz CT molecular complexity index is 519. The number of rotatable bonds is 3. The van der Waals surface area contributed by atoms with Gasteiger partial charge in [0, 0.05) is 11.3 Å². The maximum Gasteiger partial charge on any atom is 0.339 e. The van der Waals surface area contributed by atoms with Crippen LogP contribution in [-0.4, -0.2) is 13.1 Å². The molecule has 0 bridgehead atoms. The molecule has 88 valence electrons. The summed E-state index contributed by atoms with van der Waals surface area (Å²) in [6, 6.07) is 12.1. The lowest BCUT2D eigenvalue weighted by molar-refractivity contribution is 0.0600. The van der Waals surface area contributed by atoms with Crippen molar-refractivity contribution in [3.05, 3.63) is 56.2 Å². The maximum atomic E-state index is 11.5. The van der Waals surface area contributed by atoms with Crippen LogP contribution >= 0.6 is 27.3 Å². The Hall–Kier alpha value is -1.13. The third-order valence-electron chi connectivity index (χ3n) is 2.36. The number of carbonyl (C=O) groups is 1. The molecule has 0 aliphatic carbocycles. The SMILES string of the molecule is COC(=O)c1cc(Cc2ccccc2)sc1Br. The van der Waals surface area contributed by atoms with E-state index in [1.54, 1.807) is 11.3 Å². The highest BCUT2D eigenvalue weighted by Gasteiger charge is 2.14. The van der Waals surface area contributed by atoms with E-state index in [-0.39, 0.29) is 5.97 Å². The summed E-state index contributed by atoms with van der Waals surface area (Å²) in [6.07, 6.45) is 0.834. The molecule has 1 heterocycles. The molecule has 2 rings (SSSR count). The minimum absolute atomic E-state index is 0.299. The summed E-state index contributed by atoms with van der Waals surface area (Å²) >= 11 is 4.96. The highest BCUT2D eigenvalue weighted by atomic mass is 79.9. The van der Waals surface area contributed by atoms with E-state index in [9.17, 15) is 4.79 Å². The third-order valence-corrected chi connectivity index (χ3v) is 4.20. The molecule has 1 aromatic heterocycles. The van der Waals surface area contributed by atoms with E-state index in [2.05, 4.69) is 28.1 Å². The van der Waals surface area contributed by atoms with Gasteiger partial charge in [-0.15, -0.1) is 11.3 Å². The van der Waals surface area contributed by atoms with Crippen LogP contribution in [0.2, 0.25) is 0 Å². The molecule has 17 heavy (non-hydrogen) atoms. The van der Waals surface area contributed by atoms with Gasteiger partial charge in [-0.25, -0.2) is 4.79 Å². The Labute approximate surface area is 112 Å². The Morgan fingerprint density at radius 2 is 2.06 bits per heavy atom. The number of benzene rings is 1. The topological polar surface area (TPSA) is 26.3 Å². The number of methoxy groups -OCH3 is 1. The number of carbonyl (C=O) groups excluding carboxylic acids is 1. The number of halogens is 1. The molecule has 0 aliphatic rings. The minimum Gasteiger partial charge on any atom is -0.465 e. The molecule has 0 atom stereocenters. The fourth-order valence-corrected chi connectivity index (χ4v) is 3.35. The van der Waals surface area contributed by atoms with Crippen molar-refractivity contribution in [1.82, 2.24) is 0 Å². The van der Waals surface area contributed by atoms with Crippen LogP contribution in [0.5, 0.6) is 0 Å². The average Bonchev–Trinajstić information content (AvgIpc) is 2.70. The van der Waals surface area contributed by atoms with Gasteiger partial charge < -0.3 is 4.74 Å². The zero-order chi connectivity index (χ0) is 12.3. The second kappa shape index (κ2) is 5.47. The standard InChI is InChI=1S/C13H11BrO2S/c1-16-13(15)11-8-10(17-12(11)14)7-9-5-3-2-4-6-9/h2-6,8H,7H2,1H3. The Morgan fingerprint density at radius 1 is 1.35 bits per heavy atom. The number of hydrogen-bond donors (Lipinski definition) is 0. The minimum atomic E-state index is -0.299. The molecule has 2 nitrogen and oxygen atoms in total. The van der Waals surface area contributed by atoms with E-state index in [0.29, 0.717) is 5.56 Å². The average molecular weight is 311 g/mol. The predicted molar refractivity (Wildman–Crippen MR) is 72.6 cm³/mol. The fraction of sp³-hybridized carbons (Fsp3) is 0.154. The van der Waals surface area contributed by atoms with Crippen LogP contribution in [0.1, 0.15) is 20.8 Å². The summed E-state index contributed by atoms with van der Waals surface area (Å²) in [5, 5.41) is 0. The molecule has 0 radical (unpaired) electrons. The molecule has 0 amide bonds. The van der Waals surface area contributed by atoms with Crippen LogP contribution in [0.4, 0.5) is 0 Å². The summed E-state index contributed by atoms with van der Waals surface area (Å²) in [5.74, 6) is -0.299. The fourth-order valence-electron chi connectivity index (χ4n) is 1.55. The first-order valence-corrected chi connectivity index (χ1v) is 6.72. The molecule has 2 aromatic rings. The highest BCUT2D eigenvalue weighted by Crippen LogP contribution is 2.30. The molecule has 0 N–H and O–H groups in total. The molecule has 0 saturated carbocycles. The Balaban J connectivity index is 2.21. The van der Waals surface area contributed by atoms with E-state index < -0.39 is 0 Å². The molecule has 0 saturated heterocycles. The highest BCUT2D eigenvalue weighted by molar-refractivity contribution is 9.11.